The molecule has 0 aliphatic rings. The maximum atomic E-state index is 4.42. The monoisotopic (exact) mass is 352 g/mol. The fourth-order valence-corrected chi connectivity index (χ4v) is 2.90. The molecular weight excluding hydrogens is 336 g/mol. The van der Waals surface area contributed by atoms with Gasteiger partial charge in [0, 0.05) is 22.8 Å². The van der Waals surface area contributed by atoms with Crippen LogP contribution >= 0.6 is 27.7 Å². The molecule has 1 N–H and O–H groups in total. The number of nitrogens with one attached hydrogen (secondary N) is 1. The highest BCUT2D eigenvalue weighted by Crippen LogP contribution is 2.31. The van der Waals surface area contributed by atoms with Crippen LogP contribution in [0.1, 0.15) is 25.8 Å². The highest BCUT2D eigenvalue weighted by atomic mass is 79.9. The van der Waals surface area contributed by atoms with Crippen LogP contribution in [0.3, 0.4) is 0 Å². The molecule has 106 valence electrons. The molecule has 0 amide bonds. The maximum absolute atomic E-state index is 4.42. The molecule has 0 aliphatic heterocycles. The third kappa shape index (κ3) is 3.93. The van der Waals surface area contributed by atoms with Gasteiger partial charge in [0.15, 0.2) is 0 Å². The minimum absolute atomic E-state index is 0.856. The summed E-state index contributed by atoms with van der Waals surface area (Å²) in [5, 5.41) is 5.22. The van der Waals surface area contributed by atoms with Gasteiger partial charge in [-0.3, -0.25) is 0 Å². The molecule has 0 unspecified atom stereocenters. The minimum atomic E-state index is 0.856. The second-order valence-corrected chi connectivity index (χ2v) is 6.13. The molecule has 20 heavy (non-hydrogen) atoms. The van der Waals surface area contributed by atoms with Gasteiger partial charge in [-0.15, -0.1) is 0 Å². The van der Waals surface area contributed by atoms with Crippen molar-refractivity contribution in [3.63, 3.8) is 0 Å². The Morgan fingerprint density at radius 1 is 1.20 bits per heavy atom. The van der Waals surface area contributed by atoms with Crippen LogP contribution in [-0.4, -0.2) is 21.5 Å². The van der Waals surface area contributed by atoms with E-state index in [1.165, 1.54) is 5.56 Å². The summed E-state index contributed by atoms with van der Waals surface area (Å²) >= 11 is 4.97. The van der Waals surface area contributed by atoms with Crippen LogP contribution < -0.4 is 5.32 Å². The fourth-order valence-electron chi connectivity index (χ4n) is 1.80. The summed E-state index contributed by atoms with van der Waals surface area (Å²) in [7, 11) is 0. The van der Waals surface area contributed by atoms with Gasteiger partial charge >= 0.3 is 0 Å². The van der Waals surface area contributed by atoms with E-state index in [9.17, 15) is 0 Å². The van der Waals surface area contributed by atoms with Crippen molar-refractivity contribution in [1.82, 2.24) is 15.0 Å². The molecule has 6 heteroatoms. The minimum Gasteiger partial charge on any atom is -0.370 e. The number of nitrogens with zero attached hydrogens (tertiary/aromatic N) is 3. The summed E-state index contributed by atoms with van der Waals surface area (Å²) in [6, 6.07) is 3.97. The van der Waals surface area contributed by atoms with Crippen molar-refractivity contribution in [3.8, 4) is 0 Å². The molecule has 2 aromatic rings. The number of rotatable bonds is 6. The van der Waals surface area contributed by atoms with Crippen molar-refractivity contribution in [1.29, 1.82) is 0 Å². The third-order valence-electron chi connectivity index (χ3n) is 2.65. The lowest BCUT2D eigenvalue weighted by Gasteiger charge is -2.12. The number of anilines is 1. The third-order valence-corrected chi connectivity index (χ3v) is 4.12. The van der Waals surface area contributed by atoms with Crippen LogP contribution in [0.25, 0.3) is 0 Å². The van der Waals surface area contributed by atoms with Gasteiger partial charge in [0.2, 0.25) is 0 Å². The van der Waals surface area contributed by atoms with E-state index in [2.05, 4.69) is 50.0 Å². The second-order valence-electron chi connectivity index (χ2n) is 4.20. The molecule has 0 fully saturated rings. The number of pyridine rings is 1. The van der Waals surface area contributed by atoms with Gasteiger partial charge in [-0.1, -0.05) is 13.3 Å². The molecule has 2 heterocycles. The summed E-state index contributed by atoms with van der Waals surface area (Å²) in [4.78, 5) is 13.1. The summed E-state index contributed by atoms with van der Waals surface area (Å²) in [5.41, 5.74) is 1.17. The Bertz CT molecular complexity index is 560. The summed E-state index contributed by atoms with van der Waals surface area (Å²) in [6.07, 6.45) is 5.43. The van der Waals surface area contributed by atoms with Crippen LogP contribution in [0.4, 0.5) is 5.82 Å². The molecule has 0 atom stereocenters. The molecule has 0 saturated carbocycles. The van der Waals surface area contributed by atoms with Crippen molar-refractivity contribution in [2.24, 2.45) is 0 Å². The Kier molecular flexibility index (Phi) is 5.79. The lowest BCUT2D eigenvalue weighted by atomic mass is 10.2. The van der Waals surface area contributed by atoms with Crippen molar-refractivity contribution in [2.45, 2.75) is 36.7 Å². The molecule has 2 aromatic heterocycles. The van der Waals surface area contributed by atoms with Gasteiger partial charge in [0.25, 0.3) is 0 Å². The van der Waals surface area contributed by atoms with E-state index in [4.69, 9.17) is 0 Å². The summed E-state index contributed by atoms with van der Waals surface area (Å²) in [6.45, 7) is 5.09. The topological polar surface area (TPSA) is 50.7 Å². The van der Waals surface area contributed by atoms with Crippen LogP contribution in [-0.2, 0) is 6.42 Å². The number of halogens is 1. The molecule has 0 radical (unpaired) electrons. The average Bonchev–Trinajstić information content (AvgIpc) is 2.45. The van der Waals surface area contributed by atoms with Gasteiger partial charge in [0.1, 0.15) is 22.2 Å². The van der Waals surface area contributed by atoms with Crippen LogP contribution in [0.5, 0.6) is 0 Å². The molecule has 0 spiro atoms. The van der Waals surface area contributed by atoms with Gasteiger partial charge < -0.3 is 5.32 Å². The quantitative estimate of drug-likeness (QED) is 0.790. The zero-order valence-corrected chi connectivity index (χ0v) is 14.0. The first-order valence-electron chi connectivity index (χ1n) is 6.61. The van der Waals surface area contributed by atoms with Gasteiger partial charge in [-0.2, -0.15) is 0 Å². The van der Waals surface area contributed by atoms with E-state index in [-0.39, 0.29) is 0 Å². The first-order valence-corrected chi connectivity index (χ1v) is 8.22. The van der Waals surface area contributed by atoms with Crippen LogP contribution in [0, 0.1) is 0 Å². The molecule has 0 aliphatic carbocycles. The Balaban J connectivity index is 2.29. The van der Waals surface area contributed by atoms with Gasteiger partial charge in [-0.05, 0) is 53.2 Å². The Morgan fingerprint density at radius 3 is 2.70 bits per heavy atom. The average molecular weight is 353 g/mol. The standard InChI is InChI=1S/C14H17BrN4S/c1-3-5-11-13(16-4-2)18-9-19-14(11)20-12-7-6-10(15)8-17-12/h6-9H,3-5H2,1-2H3,(H,16,18,19). The molecular formula is C14H17BrN4S. The van der Waals surface area contributed by atoms with E-state index >= 15 is 0 Å². The second kappa shape index (κ2) is 7.59. The Labute approximate surface area is 132 Å². The molecule has 4 nitrogen and oxygen atoms in total. The van der Waals surface area contributed by atoms with E-state index < -0.39 is 0 Å². The first kappa shape index (κ1) is 15.3. The van der Waals surface area contributed by atoms with Crippen molar-refractivity contribution >= 4 is 33.5 Å². The largest absolute Gasteiger partial charge is 0.370 e. The maximum Gasteiger partial charge on any atom is 0.133 e. The molecule has 0 bridgehead atoms. The number of hydrogen-bond acceptors (Lipinski definition) is 5. The van der Waals surface area contributed by atoms with Crippen molar-refractivity contribution < 1.29 is 0 Å². The number of aromatic nitrogens is 3. The summed E-state index contributed by atoms with van der Waals surface area (Å²) in [5.74, 6) is 0.934. The lowest BCUT2D eigenvalue weighted by Crippen LogP contribution is -2.06. The Hall–Kier alpha value is -1.14. The van der Waals surface area contributed by atoms with Crippen molar-refractivity contribution in [2.75, 3.05) is 11.9 Å². The van der Waals surface area contributed by atoms with E-state index in [1.54, 1.807) is 24.3 Å². The highest BCUT2D eigenvalue weighted by molar-refractivity contribution is 9.10. The number of hydrogen-bond donors (Lipinski definition) is 1. The molecule has 0 aromatic carbocycles. The Morgan fingerprint density at radius 2 is 2.05 bits per heavy atom. The van der Waals surface area contributed by atoms with E-state index in [0.717, 1.165) is 39.7 Å². The zero-order valence-electron chi connectivity index (χ0n) is 11.6. The fraction of sp³-hybridized carbons (Fsp3) is 0.357. The first-order chi connectivity index (χ1) is 9.74. The van der Waals surface area contributed by atoms with E-state index in [1.807, 2.05) is 12.1 Å². The predicted octanol–water partition coefficient (Wildman–Crippen LogP) is 4.17. The lowest BCUT2D eigenvalue weighted by molar-refractivity contribution is 0.854. The molecule has 2 rings (SSSR count). The SMILES string of the molecule is CCCc1c(NCC)ncnc1Sc1ccc(Br)cn1. The van der Waals surface area contributed by atoms with Gasteiger partial charge in [0.05, 0.1) is 0 Å². The predicted molar refractivity (Wildman–Crippen MR) is 86.3 cm³/mol. The normalized spacial score (nSPS) is 10.6. The summed E-state index contributed by atoms with van der Waals surface area (Å²) < 4.78 is 0.978. The highest BCUT2D eigenvalue weighted by Gasteiger charge is 2.12. The van der Waals surface area contributed by atoms with E-state index in [0.29, 0.717) is 0 Å². The smallest absolute Gasteiger partial charge is 0.133 e. The van der Waals surface area contributed by atoms with Gasteiger partial charge in [-0.25, -0.2) is 15.0 Å². The van der Waals surface area contributed by atoms with Crippen molar-refractivity contribution in [3.05, 3.63) is 34.7 Å². The zero-order chi connectivity index (χ0) is 14.4. The van der Waals surface area contributed by atoms with Crippen LogP contribution in [0.15, 0.2) is 39.2 Å². The van der Waals surface area contributed by atoms with Crippen LogP contribution in [0.2, 0.25) is 0 Å². The molecule has 0 saturated heterocycles.